The van der Waals surface area contributed by atoms with Gasteiger partial charge in [-0.15, -0.1) is 11.3 Å². The van der Waals surface area contributed by atoms with Gasteiger partial charge in [-0.25, -0.2) is 4.79 Å². The van der Waals surface area contributed by atoms with Crippen LogP contribution in [0.5, 0.6) is 0 Å². The predicted octanol–water partition coefficient (Wildman–Crippen LogP) is 4.89. The standard InChI is InChI=1S/C26H31F2NO4S/c1-18(10-11-19-7-4-3-5-8-19)22(30)14-12-20-17-26(27,28)25(32)29(20)16-6-9-21-13-15-23(34-21)24(31)33-2/h3-5,7-8,12-15,18,20,22,30H,6,9-11,16-17H2,1-2H3/b14-12+/t18-,20-,22+/m0/s1. The second-order valence-electron chi connectivity index (χ2n) is 8.71. The van der Waals surface area contributed by atoms with Crippen LogP contribution in [0.25, 0.3) is 0 Å². The first kappa shape index (κ1) is 26.0. The number of thiophene rings is 1. The van der Waals surface area contributed by atoms with Crippen LogP contribution in [0.15, 0.2) is 54.6 Å². The lowest BCUT2D eigenvalue weighted by atomic mass is 9.95. The molecule has 0 aliphatic carbocycles. The molecule has 0 spiro atoms. The Hall–Kier alpha value is -2.58. The number of aryl methyl sites for hydroxylation is 2. The molecule has 1 N–H and O–H groups in total. The first-order chi connectivity index (χ1) is 16.2. The molecule has 8 heteroatoms. The fraction of sp³-hybridized carbons (Fsp3) is 0.462. The third-order valence-electron chi connectivity index (χ3n) is 6.15. The Labute approximate surface area is 203 Å². The lowest BCUT2D eigenvalue weighted by Gasteiger charge is -2.22. The molecule has 1 aliphatic heterocycles. The number of aliphatic hydroxyl groups is 1. The van der Waals surface area contributed by atoms with Crippen LogP contribution < -0.4 is 0 Å². The van der Waals surface area contributed by atoms with Gasteiger partial charge in [-0.1, -0.05) is 49.4 Å². The van der Waals surface area contributed by atoms with Crippen LogP contribution in [0, 0.1) is 5.92 Å². The van der Waals surface area contributed by atoms with E-state index >= 15 is 0 Å². The van der Waals surface area contributed by atoms with E-state index < -0.39 is 36.4 Å². The smallest absolute Gasteiger partial charge is 0.348 e. The zero-order chi connectivity index (χ0) is 24.7. The summed E-state index contributed by atoms with van der Waals surface area (Å²) in [5, 5.41) is 10.5. The highest BCUT2D eigenvalue weighted by Crippen LogP contribution is 2.34. The Balaban J connectivity index is 1.54. The van der Waals surface area contributed by atoms with Gasteiger partial charge in [0.1, 0.15) is 4.88 Å². The van der Waals surface area contributed by atoms with Crippen LogP contribution in [0.4, 0.5) is 8.78 Å². The van der Waals surface area contributed by atoms with E-state index in [1.807, 2.05) is 43.3 Å². The van der Waals surface area contributed by atoms with Crippen molar-refractivity contribution >= 4 is 23.2 Å². The van der Waals surface area contributed by atoms with Gasteiger partial charge in [-0.05, 0) is 49.3 Å². The molecule has 1 aromatic carbocycles. The van der Waals surface area contributed by atoms with Crippen LogP contribution in [0.2, 0.25) is 0 Å². The number of aliphatic hydroxyl groups excluding tert-OH is 1. The summed E-state index contributed by atoms with van der Waals surface area (Å²) in [5.74, 6) is -5.03. The largest absolute Gasteiger partial charge is 0.465 e. The Bertz CT molecular complexity index is 992. The number of esters is 1. The quantitative estimate of drug-likeness (QED) is 0.359. The molecule has 0 radical (unpaired) electrons. The summed E-state index contributed by atoms with van der Waals surface area (Å²) in [6.45, 7) is 2.10. The van der Waals surface area contributed by atoms with Crippen LogP contribution in [-0.4, -0.2) is 53.6 Å². The summed E-state index contributed by atoms with van der Waals surface area (Å²) in [4.78, 5) is 26.5. The van der Waals surface area contributed by atoms with E-state index in [4.69, 9.17) is 4.74 Å². The van der Waals surface area contributed by atoms with E-state index in [0.717, 1.165) is 17.7 Å². The average Bonchev–Trinajstić information content (AvgIpc) is 3.39. The van der Waals surface area contributed by atoms with E-state index in [2.05, 4.69) is 0 Å². The molecular weight excluding hydrogens is 460 g/mol. The average molecular weight is 492 g/mol. The monoisotopic (exact) mass is 491 g/mol. The summed E-state index contributed by atoms with van der Waals surface area (Å²) in [6, 6.07) is 12.7. The highest BCUT2D eigenvalue weighted by atomic mass is 32.1. The lowest BCUT2D eigenvalue weighted by molar-refractivity contribution is -0.148. The zero-order valence-corrected chi connectivity index (χ0v) is 20.3. The fourth-order valence-corrected chi connectivity index (χ4v) is 5.02. The minimum absolute atomic E-state index is 0.0506. The molecule has 1 fully saturated rings. The number of alkyl halides is 2. The van der Waals surface area contributed by atoms with Crippen molar-refractivity contribution in [3.05, 3.63) is 69.9 Å². The number of hydrogen-bond acceptors (Lipinski definition) is 5. The first-order valence-corrected chi connectivity index (χ1v) is 12.3. The first-order valence-electron chi connectivity index (χ1n) is 11.5. The van der Waals surface area contributed by atoms with Gasteiger partial charge in [0.05, 0.1) is 19.3 Å². The molecule has 184 valence electrons. The number of likely N-dealkylation sites (tertiary alicyclic amines) is 1. The van der Waals surface area contributed by atoms with Gasteiger partial charge >= 0.3 is 11.9 Å². The van der Waals surface area contributed by atoms with E-state index in [1.165, 1.54) is 28.9 Å². The van der Waals surface area contributed by atoms with Gasteiger partial charge in [-0.3, -0.25) is 4.79 Å². The highest BCUT2D eigenvalue weighted by molar-refractivity contribution is 7.13. The van der Waals surface area contributed by atoms with Gasteiger partial charge in [0.2, 0.25) is 0 Å². The third-order valence-corrected chi connectivity index (χ3v) is 7.28. The topological polar surface area (TPSA) is 66.8 Å². The molecule has 1 amide bonds. The second kappa shape index (κ2) is 11.7. The number of ether oxygens (including phenoxy) is 1. The Morgan fingerprint density at radius 3 is 2.71 bits per heavy atom. The van der Waals surface area contributed by atoms with Gasteiger partial charge in [0.15, 0.2) is 0 Å². The van der Waals surface area contributed by atoms with Gasteiger partial charge < -0.3 is 14.7 Å². The minimum atomic E-state index is -3.40. The Kier molecular flexibility index (Phi) is 8.97. The van der Waals surface area contributed by atoms with E-state index in [-0.39, 0.29) is 12.5 Å². The summed E-state index contributed by atoms with van der Waals surface area (Å²) in [5.41, 5.74) is 1.18. The molecule has 1 aromatic heterocycles. The molecule has 3 atom stereocenters. The number of nitrogens with zero attached hydrogens (tertiary/aromatic N) is 1. The number of benzene rings is 1. The Morgan fingerprint density at radius 2 is 2.00 bits per heavy atom. The maximum Gasteiger partial charge on any atom is 0.348 e. The van der Waals surface area contributed by atoms with Gasteiger partial charge in [0.25, 0.3) is 5.91 Å². The summed E-state index contributed by atoms with van der Waals surface area (Å²) < 4.78 is 33.0. The number of halogens is 2. The predicted molar refractivity (Wildman–Crippen MR) is 128 cm³/mol. The highest BCUT2D eigenvalue weighted by Gasteiger charge is 2.52. The Morgan fingerprint density at radius 1 is 1.26 bits per heavy atom. The van der Waals surface area contributed by atoms with Crippen molar-refractivity contribution in [3.63, 3.8) is 0 Å². The third kappa shape index (κ3) is 6.73. The van der Waals surface area contributed by atoms with Crippen LogP contribution in [0.3, 0.4) is 0 Å². The van der Waals surface area contributed by atoms with Crippen molar-refractivity contribution in [2.45, 2.75) is 57.1 Å². The minimum Gasteiger partial charge on any atom is -0.465 e. The number of carbonyl (C=O) groups excluding carboxylic acids is 2. The zero-order valence-electron chi connectivity index (χ0n) is 19.5. The summed E-state index contributed by atoms with van der Waals surface area (Å²) in [7, 11) is 1.32. The molecule has 0 unspecified atom stereocenters. The molecular formula is C26H31F2NO4S. The number of methoxy groups -OCH3 is 1. The molecule has 0 saturated carbocycles. The van der Waals surface area contributed by atoms with Crippen molar-refractivity contribution in [3.8, 4) is 0 Å². The number of hydrogen-bond donors (Lipinski definition) is 1. The van der Waals surface area contributed by atoms with Crippen molar-refractivity contribution in [2.75, 3.05) is 13.7 Å². The van der Waals surface area contributed by atoms with Crippen LogP contribution in [-0.2, 0) is 22.4 Å². The normalized spacial score (nSPS) is 19.5. The molecule has 1 saturated heterocycles. The number of carbonyl (C=O) groups is 2. The molecule has 34 heavy (non-hydrogen) atoms. The molecule has 2 heterocycles. The maximum absolute atomic E-state index is 14.2. The molecule has 5 nitrogen and oxygen atoms in total. The van der Waals surface area contributed by atoms with Crippen molar-refractivity contribution < 1.29 is 28.2 Å². The molecule has 1 aliphatic rings. The summed E-state index contributed by atoms with van der Waals surface area (Å²) >= 11 is 1.30. The van der Waals surface area contributed by atoms with E-state index in [0.29, 0.717) is 17.7 Å². The molecule has 2 aromatic rings. The van der Waals surface area contributed by atoms with Crippen LogP contribution >= 0.6 is 11.3 Å². The number of rotatable bonds is 11. The van der Waals surface area contributed by atoms with E-state index in [1.54, 1.807) is 18.2 Å². The fourth-order valence-electron chi connectivity index (χ4n) is 4.05. The maximum atomic E-state index is 14.2. The van der Waals surface area contributed by atoms with Gasteiger partial charge in [-0.2, -0.15) is 8.78 Å². The van der Waals surface area contributed by atoms with E-state index in [9.17, 15) is 23.5 Å². The molecule has 3 rings (SSSR count). The summed E-state index contributed by atoms with van der Waals surface area (Å²) in [6.07, 6.45) is 4.35. The van der Waals surface area contributed by atoms with Crippen molar-refractivity contribution in [1.82, 2.24) is 4.90 Å². The lowest BCUT2D eigenvalue weighted by Crippen LogP contribution is -2.36. The van der Waals surface area contributed by atoms with Gasteiger partial charge in [0, 0.05) is 17.8 Å². The van der Waals surface area contributed by atoms with Crippen molar-refractivity contribution in [1.29, 1.82) is 0 Å². The second-order valence-corrected chi connectivity index (χ2v) is 9.88. The van der Waals surface area contributed by atoms with Crippen LogP contribution in [0.1, 0.15) is 46.3 Å². The number of amides is 1. The molecule has 0 bridgehead atoms. The SMILES string of the molecule is COC(=O)c1ccc(CCCN2C(=O)C(F)(F)C[C@@H]2/C=C/[C@@H](O)[C@@H](C)CCc2ccccc2)s1. The van der Waals surface area contributed by atoms with Crippen molar-refractivity contribution in [2.24, 2.45) is 5.92 Å².